The van der Waals surface area contributed by atoms with Gasteiger partial charge in [0.05, 0.1) is 18.5 Å². The Bertz CT molecular complexity index is 888. The van der Waals surface area contributed by atoms with Gasteiger partial charge in [0.1, 0.15) is 11.9 Å². The molecular formula is C24H30O5. The van der Waals surface area contributed by atoms with Crippen LogP contribution in [0, 0.1) is 28.6 Å². The molecule has 6 rings (SSSR count). The Kier molecular flexibility index (Phi) is 3.68. The number of aliphatic hydroxyl groups is 1. The monoisotopic (exact) mass is 398 g/mol. The minimum absolute atomic E-state index is 0.0177. The van der Waals surface area contributed by atoms with Crippen LogP contribution >= 0.6 is 0 Å². The largest absolute Gasteiger partial charge is 0.431 e. The molecule has 0 unspecified atom stereocenters. The molecule has 156 valence electrons. The quantitative estimate of drug-likeness (QED) is 0.610. The van der Waals surface area contributed by atoms with Crippen LogP contribution in [0.25, 0.3) is 0 Å². The predicted molar refractivity (Wildman–Crippen MR) is 105 cm³/mol. The van der Waals surface area contributed by atoms with Gasteiger partial charge in [-0.1, -0.05) is 6.92 Å². The van der Waals surface area contributed by atoms with Crippen LogP contribution in [0.1, 0.15) is 69.8 Å². The number of hydrogen-bond donors (Lipinski definition) is 1. The number of epoxide rings is 1. The molecule has 1 spiro atoms. The zero-order chi connectivity index (χ0) is 20.0. The molecule has 5 nitrogen and oxygen atoms in total. The number of carbonyl (C=O) groups is 1. The average molecular weight is 398 g/mol. The van der Waals surface area contributed by atoms with E-state index < -0.39 is 0 Å². The molecule has 9 atom stereocenters. The van der Waals surface area contributed by atoms with E-state index in [0.717, 1.165) is 56.9 Å². The van der Waals surface area contributed by atoms with Gasteiger partial charge in [-0.05, 0) is 86.7 Å². The van der Waals surface area contributed by atoms with Crippen molar-refractivity contribution in [3.63, 3.8) is 0 Å². The number of aliphatic hydroxyl groups excluding tert-OH is 1. The molecule has 5 heteroatoms. The van der Waals surface area contributed by atoms with Gasteiger partial charge in [-0.15, -0.1) is 0 Å². The van der Waals surface area contributed by atoms with Gasteiger partial charge in [-0.3, -0.25) is 0 Å². The molecule has 1 saturated heterocycles. The first-order chi connectivity index (χ1) is 13.9. The van der Waals surface area contributed by atoms with Crippen molar-refractivity contribution in [1.82, 2.24) is 0 Å². The van der Waals surface area contributed by atoms with Crippen molar-refractivity contribution < 1.29 is 19.1 Å². The fraction of sp³-hybridized carbons (Fsp3) is 0.750. The first kappa shape index (κ1) is 18.3. The molecule has 4 saturated carbocycles. The molecule has 1 aromatic heterocycles. The second kappa shape index (κ2) is 5.82. The molecular weight excluding hydrogens is 368 g/mol. The summed E-state index contributed by atoms with van der Waals surface area (Å²) in [5, 5.41) is 10.2. The lowest BCUT2D eigenvalue weighted by molar-refractivity contribution is -0.158. The Morgan fingerprint density at radius 1 is 1.10 bits per heavy atom. The lowest BCUT2D eigenvalue weighted by Gasteiger charge is -2.60. The first-order valence-electron chi connectivity index (χ1n) is 11.4. The van der Waals surface area contributed by atoms with E-state index in [4.69, 9.17) is 9.15 Å². The molecule has 0 amide bonds. The van der Waals surface area contributed by atoms with Gasteiger partial charge in [0, 0.05) is 16.9 Å². The Hall–Kier alpha value is -1.46. The molecule has 5 aliphatic rings. The maximum atomic E-state index is 12.5. The zero-order valence-electron chi connectivity index (χ0n) is 17.0. The normalized spacial score (nSPS) is 52.6. The Morgan fingerprint density at radius 2 is 1.97 bits per heavy atom. The molecule has 1 aromatic rings. The molecule has 29 heavy (non-hydrogen) atoms. The summed E-state index contributed by atoms with van der Waals surface area (Å²) < 4.78 is 11.7. The van der Waals surface area contributed by atoms with E-state index >= 15 is 0 Å². The van der Waals surface area contributed by atoms with E-state index in [-0.39, 0.29) is 34.3 Å². The minimum atomic E-state index is -0.303. The van der Waals surface area contributed by atoms with Crippen molar-refractivity contribution in [2.24, 2.45) is 28.6 Å². The van der Waals surface area contributed by atoms with Gasteiger partial charge < -0.3 is 19.1 Å². The molecule has 1 aliphatic heterocycles. The fourth-order valence-electron chi connectivity index (χ4n) is 8.66. The number of ether oxygens (including phenoxy) is 1. The zero-order valence-corrected chi connectivity index (χ0v) is 17.0. The lowest BCUT2D eigenvalue weighted by Crippen LogP contribution is -2.59. The molecule has 2 heterocycles. The van der Waals surface area contributed by atoms with Crippen LogP contribution in [0.2, 0.25) is 0 Å². The SMILES string of the molecule is C[C@@]12CC[C@@H]3[C@H](CC[C@@H]4C[C@H](O)CC[C@]43C=O)[C@@]13O[C@H]3C[C@H]2c1ccc(=O)oc1. The summed E-state index contributed by atoms with van der Waals surface area (Å²) in [5.74, 6) is 1.45. The number of aldehydes is 1. The number of carbonyl (C=O) groups excluding carboxylic acids is 1. The van der Waals surface area contributed by atoms with Crippen LogP contribution in [-0.2, 0) is 9.53 Å². The highest BCUT2D eigenvalue weighted by atomic mass is 16.6. The molecule has 4 aliphatic carbocycles. The smallest absolute Gasteiger partial charge is 0.335 e. The summed E-state index contributed by atoms with van der Waals surface area (Å²) in [6.07, 6.45) is 10.5. The number of fused-ring (bicyclic) bond motifs is 3. The van der Waals surface area contributed by atoms with Crippen LogP contribution in [0.15, 0.2) is 27.6 Å². The second-order valence-corrected chi connectivity index (χ2v) is 10.7. The third kappa shape index (κ3) is 2.13. The van der Waals surface area contributed by atoms with Crippen LogP contribution < -0.4 is 5.63 Å². The van der Waals surface area contributed by atoms with Crippen LogP contribution in [0.5, 0.6) is 0 Å². The molecule has 0 radical (unpaired) electrons. The van der Waals surface area contributed by atoms with Gasteiger partial charge in [-0.25, -0.2) is 4.79 Å². The van der Waals surface area contributed by atoms with Gasteiger partial charge in [0.25, 0.3) is 0 Å². The van der Waals surface area contributed by atoms with Gasteiger partial charge in [-0.2, -0.15) is 0 Å². The Labute approximate surface area is 170 Å². The summed E-state index contributed by atoms with van der Waals surface area (Å²) in [6, 6.07) is 3.46. The van der Waals surface area contributed by atoms with Crippen LogP contribution in [0.4, 0.5) is 0 Å². The summed E-state index contributed by atoms with van der Waals surface area (Å²) in [4.78, 5) is 24.0. The fourth-order valence-corrected chi connectivity index (χ4v) is 8.66. The van der Waals surface area contributed by atoms with E-state index in [9.17, 15) is 14.7 Å². The van der Waals surface area contributed by atoms with E-state index in [1.165, 1.54) is 12.4 Å². The summed E-state index contributed by atoms with van der Waals surface area (Å²) in [5.41, 5.74) is 0.423. The molecule has 1 N–H and O–H groups in total. The standard InChI is InChI=1S/C24H30O5/c1-22-8-7-17-18(4-3-15-10-16(26)6-9-23(15,17)13-25)24(22)20(29-24)11-19(22)14-2-5-21(27)28-12-14/h2,5,12-13,15-20,26H,3-4,6-11H2,1H3/t15-,16-,17-,18+,19+,20+,22+,23+,24+/m1/s1. The van der Waals surface area contributed by atoms with Crippen LogP contribution in [0.3, 0.4) is 0 Å². The van der Waals surface area contributed by atoms with Crippen molar-refractivity contribution in [2.45, 2.75) is 82.0 Å². The average Bonchev–Trinajstić information content (AvgIpc) is 3.38. The maximum Gasteiger partial charge on any atom is 0.335 e. The van der Waals surface area contributed by atoms with E-state index in [1.807, 2.05) is 6.07 Å². The highest BCUT2D eigenvalue weighted by Gasteiger charge is 2.80. The van der Waals surface area contributed by atoms with Crippen molar-refractivity contribution in [2.75, 3.05) is 0 Å². The highest BCUT2D eigenvalue weighted by Crippen LogP contribution is 2.77. The topological polar surface area (TPSA) is 80.0 Å². The minimum Gasteiger partial charge on any atom is -0.431 e. The summed E-state index contributed by atoms with van der Waals surface area (Å²) in [6.45, 7) is 2.37. The Morgan fingerprint density at radius 3 is 2.72 bits per heavy atom. The molecule has 5 fully saturated rings. The van der Waals surface area contributed by atoms with Crippen molar-refractivity contribution in [1.29, 1.82) is 0 Å². The molecule has 0 bridgehead atoms. The number of rotatable bonds is 2. The van der Waals surface area contributed by atoms with Gasteiger partial charge >= 0.3 is 5.63 Å². The van der Waals surface area contributed by atoms with Crippen molar-refractivity contribution >= 4 is 6.29 Å². The Balaban J connectivity index is 1.37. The third-order valence-corrected chi connectivity index (χ3v) is 9.97. The lowest BCUT2D eigenvalue weighted by atomic mass is 9.44. The van der Waals surface area contributed by atoms with Crippen molar-refractivity contribution in [3.05, 3.63) is 34.4 Å². The van der Waals surface area contributed by atoms with Gasteiger partial charge in [0.15, 0.2) is 0 Å². The summed E-state index contributed by atoms with van der Waals surface area (Å²) in [7, 11) is 0. The van der Waals surface area contributed by atoms with Gasteiger partial charge in [0.2, 0.25) is 0 Å². The summed E-state index contributed by atoms with van der Waals surface area (Å²) >= 11 is 0. The first-order valence-corrected chi connectivity index (χ1v) is 11.4. The van der Waals surface area contributed by atoms with Crippen molar-refractivity contribution in [3.8, 4) is 0 Å². The number of hydrogen-bond acceptors (Lipinski definition) is 5. The highest BCUT2D eigenvalue weighted by molar-refractivity contribution is 5.62. The predicted octanol–water partition coefficient (Wildman–Crippen LogP) is 3.44. The third-order valence-electron chi connectivity index (χ3n) is 9.97. The van der Waals surface area contributed by atoms with E-state index in [0.29, 0.717) is 23.7 Å². The second-order valence-electron chi connectivity index (χ2n) is 10.7. The van der Waals surface area contributed by atoms with Crippen LogP contribution in [-0.4, -0.2) is 29.2 Å². The maximum absolute atomic E-state index is 12.5. The molecule has 0 aromatic carbocycles. The van der Waals surface area contributed by atoms with E-state index in [1.54, 1.807) is 6.26 Å². The van der Waals surface area contributed by atoms with E-state index in [2.05, 4.69) is 6.92 Å².